The first-order valence-electron chi connectivity index (χ1n) is 9.95. The topological polar surface area (TPSA) is 58.6 Å². The highest BCUT2D eigenvalue weighted by molar-refractivity contribution is 5.55. The Kier molecular flexibility index (Phi) is 5.77. The first-order chi connectivity index (χ1) is 14.6. The normalized spacial score (nSPS) is 22.9. The van der Waals surface area contributed by atoms with Crippen molar-refractivity contribution >= 4 is 0 Å². The van der Waals surface area contributed by atoms with Gasteiger partial charge in [-0.1, -0.05) is 6.07 Å². The van der Waals surface area contributed by atoms with Crippen LogP contribution in [0.3, 0.4) is 0 Å². The number of methoxy groups -OCH3 is 5. The lowest BCUT2D eigenvalue weighted by Gasteiger charge is -2.41. The maximum atomic E-state index is 6.56. The van der Waals surface area contributed by atoms with Gasteiger partial charge in [0.1, 0.15) is 6.10 Å². The number of nitrogens with zero attached hydrogens (tertiary/aromatic N) is 1. The zero-order chi connectivity index (χ0) is 21.4. The molecule has 7 nitrogen and oxygen atoms in total. The Bertz CT molecular complexity index is 930. The van der Waals surface area contributed by atoms with Crippen LogP contribution in [-0.4, -0.2) is 54.0 Å². The zero-order valence-electron chi connectivity index (χ0n) is 18.4. The van der Waals surface area contributed by atoms with Crippen molar-refractivity contribution in [2.24, 2.45) is 0 Å². The van der Waals surface area contributed by atoms with E-state index in [9.17, 15) is 0 Å². The van der Waals surface area contributed by atoms with E-state index in [1.54, 1.807) is 35.5 Å². The summed E-state index contributed by atoms with van der Waals surface area (Å²) in [5.74, 6) is 2.72. The number of hydrogen-bond donors (Lipinski definition) is 0. The second kappa shape index (κ2) is 8.34. The molecule has 0 unspecified atom stereocenters. The van der Waals surface area contributed by atoms with E-state index in [0.717, 1.165) is 35.4 Å². The highest BCUT2D eigenvalue weighted by Gasteiger charge is 2.43. The third kappa shape index (κ3) is 3.17. The van der Waals surface area contributed by atoms with Crippen LogP contribution < -0.4 is 18.9 Å². The smallest absolute Gasteiger partial charge is 0.188 e. The molecule has 0 saturated heterocycles. The standard InChI is InChI=1S/C23H29NO6/c1-24-10-9-13-11-17(26-3)18(27-4)12-15(13)21-20(24)14-7-8-16(25-2)22(28-5)19(14)23(29-6)30-21/h7-8,11-12,20-21,23H,9-10H2,1-6H3/t20-,21+,23-/m1/s1. The van der Waals surface area contributed by atoms with Gasteiger partial charge in [-0.25, -0.2) is 0 Å². The minimum atomic E-state index is -0.584. The monoisotopic (exact) mass is 415 g/mol. The molecule has 2 aliphatic heterocycles. The Hall–Kier alpha value is -2.48. The van der Waals surface area contributed by atoms with Gasteiger partial charge in [0.25, 0.3) is 0 Å². The Morgan fingerprint density at radius 3 is 2.20 bits per heavy atom. The molecule has 2 aromatic rings. The number of rotatable bonds is 5. The molecule has 0 amide bonds. The number of benzene rings is 2. The van der Waals surface area contributed by atoms with Crippen LogP contribution in [0.5, 0.6) is 23.0 Å². The summed E-state index contributed by atoms with van der Waals surface area (Å²) in [7, 11) is 10.3. The van der Waals surface area contributed by atoms with Gasteiger partial charge >= 0.3 is 0 Å². The minimum absolute atomic E-state index is 0.00874. The van der Waals surface area contributed by atoms with Crippen LogP contribution in [0.25, 0.3) is 0 Å². The van der Waals surface area contributed by atoms with Crippen molar-refractivity contribution in [1.82, 2.24) is 4.90 Å². The van der Waals surface area contributed by atoms with E-state index in [1.165, 1.54) is 5.56 Å². The van der Waals surface area contributed by atoms with Gasteiger partial charge in [0.15, 0.2) is 29.3 Å². The SMILES string of the molecule is COc1cc2c(cc1OC)[C@@H]1O[C@@H](OC)c3c(ccc(OC)c3OC)[C@H]1N(C)CC2. The molecule has 30 heavy (non-hydrogen) atoms. The molecular weight excluding hydrogens is 386 g/mol. The van der Waals surface area contributed by atoms with Crippen LogP contribution >= 0.6 is 0 Å². The van der Waals surface area contributed by atoms with Crippen LogP contribution in [0.4, 0.5) is 0 Å². The van der Waals surface area contributed by atoms with Crippen molar-refractivity contribution in [1.29, 1.82) is 0 Å². The Balaban J connectivity index is 1.92. The third-order valence-corrected chi connectivity index (χ3v) is 6.10. The maximum absolute atomic E-state index is 6.56. The fourth-order valence-electron chi connectivity index (χ4n) is 4.65. The average molecular weight is 415 g/mol. The van der Waals surface area contributed by atoms with Crippen molar-refractivity contribution in [2.45, 2.75) is 24.9 Å². The van der Waals surface area contributed by atoms with Gasteiger partial charge in [0.2, 0.25) is 0 Å². The third-order valence-electron chi connectivity index (χ3n) is 6.10. The fraction of sp³-hybridized carbons (Fsp3) is 0.478. The molecule has 2 aliphatic rings. The lowest BCUT2D eigenvalue weighted by atomic mass is 9.87. The molecule has 7 heteroatoms. The summed E-state index contributed by atoms with van der Waals surface area (Å²) < 4.78 is 34.7. The van der Waals surface area contributed by atoms with Crippen LogP contribution in [0, 0.1) is 0 Å². The van der Waals surface area contributed by atoms with Gasteiger partial charge in [-0.15, -0.1) is 0 Å². The van der Waals surface area contributed by atoms with Crippen molar-refractivity contribution < 1.29 is 28.4 Å². The minimum Gasteiger partial charge on any atom is -0.493 e. The first-order valence-corrected chi connectivity index (χ1v) is 9.95. The van der Waals surface area contributed by atoms with E-state index < -0.39 is 6.29 Å². The lowest BCUT2D eigenvalue weighted by molar-refractivity contribution is -0.190. The number of ether oxygens (including phenoxy) is 6. The van der Waals surface area contributed by atoms with Crippen molar-refractivity contribution in [3.05, 3.63) is 46.5 Å². The summed E-state index contributed by atoms with van der Waals surface area (Å²) in [6.45, 7) is 0.873. The molecule has 162 valence electrons. The molecule has 4 rings (SSSR count). The quantitative estimate of drug-likeness (QED) is 0.739. The maximum Gasteiger partial charge on any atom is 0.188 e. The average Bonchev–Trinajstić information content (AvgIpc) is 2.92. The van der Waals surface area contributed by atoms with E-state index >= 15 is 0 Å². The molecule has 2 aromatic carbocycles. The molecule has 0 saturated carbocycles. The van der Waals surface area contributed by atoms with E-state index in [1.807, 2.05) is 12.1 Å². The second-order valence-corrected chi connectivity index (χ2v) is 7.51. The van der Waals surface area contributed by atoms with Crippen molar-refractivity contribution in [3.63, 3.8) is 0 Å². The largest absolute Gasteiger partial charge is 0.493 e. The molecular formula is C23H29NO6. The van der Waals surface area contributed by atoms with E-state index in [0.29, 0.717) is 17.2 Å². The summed E-state index contributed by atoms with van der Waals surface area (Å²) in [5, 5.41) is 0. The second-order valence-electron chi connectivity index (χ2n) is 7.51. The molecule has 2 heterocycles. The molecule has 0 bridgehead atoms. The van der Waals surface area contributed by atoms with Gasteiger partial charge in [-0.05, 0) is 48.4 Å². The number of hydrogen-bond acceptors (Lipinski definition) is 7. The highest BCUT2D eigenvalue weighted by atomic mass is 16.7. The van der Waals surface area contributed by atoms with Gasteiger partial charge in [-0.3, -0.25) is 4.90 Å². The van der Waals surface area contributed by atoms with Crippen LogP contribution in [0.2, 0.25) is 0 Å². The van der Waals surface area contributed by atoms with E-state index in [4.69, 9.17) is 28.4 Å². The highest BCUT2D eigenvalue weighted by Crippen LogP contribution is 2.54. The van der Waals surface area contributed by atoms with Gasteiger partial charge < -0.3 is 28.4 Å². The first kappa shape index (κ1) is 20.8. The molecule has 3 atom stereocenters. The predicted molar refractivity (Wildman–Crippen MR) is 112 cm³/mol. The fourth-order valence-corrected chi connectivity index (χ4v) is 4.65. The Morgan fingerprint density at radius 2 is 1.57 bits per heavy atom. The summed E-state index contributed by atoms with van der Waals surface area (Å²) in [4.78, 5) is 2.32. The summed E-state index contributed by atoms with van der Waals surface area (Å²) in [5.41, 5.74) is 4.26. The lowest BCUT2D eigenvalue weighted by Crippen LogP contribution is -2.35. The van der Waals surface area contributed by atoms with Crippen LogP contribution in [0.15, 0.2) is 24.3 Å². The van der Waals surface area contributed by atoms with Crippen LogP contribution in [-0.2, 0) is 15.9 Å². The molecule has 0 aromatic heterocycles. The number of likely N-dealkylation sites (N-methyl/N-ethyl adjacent to an activating group) is 1. The summed E-state index contributed by atoms with van der Waals surface area (Å²) >= 11 is 0. The predicted octanol–water partition coefficient (Wildman–Crippen LogP) is 3.67. The van der Waals surface area contributed by atoms with Gasteiger partial charge in [-0.2, -0.15) is 0 Å². The Morgan fingerprint density at radius 1 is 0.867 bits per heavy atom. The van der Waals surface area contributed by atoms with E-state index in [2.05, 4.69) is 24.1 Å². The Labute approximate surface area is 177 Å². The summed E-state index contributed by atoms with van der Waals surface area (Å²) in [6, 6.07) is 8.11. The summed E-state index contributed by atoms with van der Waals surface area (Å²) in [6.07, 6.45) is 0.0598. The molecule has 0 aliphatic carbocycles. The van der Waals surface area contributed by atoms with Crippen LogP contribution in [0.1, 0.15) is 40.7 Å². The molecule has 0 N–H and O–H groups in total. The molecule has 0 fully saturated rings. The zero-order valence-corrected chi connectivity index (χ0v) is 18.4. The molecule has 0 radical (unpaired) electrons. The van der Waals surface area contributed by atoms with Crippen molar-refractivity contribution in [3.8, 4) is 23.0 Å². The van der Waals surface area contributed by atoms with Gasteiger partial charge in [0, 0.05) is 13.7 Å². The number of fused-ring (bicyclic) bond motifs is 5. The van der Waals surface area contributed by atoms with Gasteiger partial charge in [0.05, 0.1) is 40.0 Å². The van der Waals surface area contributed by atoms with E-state index in [-0.39, 0.29) is 12.1 Å². The molecule has 0 spiro atoms. The van der Waals surface area contributed by atoms with Crippen molar-refractivity contribution in [2.75, 3.05) is 49.1 Å².